The zero-order chi connectivity index (χ0) is 12.1. The van der Waals surface area contributed by atoms with Gasteiger partial charge >= 0.3 is 0 Å². The van der Waals surface area contributed by atoms with Crippen LogP contribution in [0.4, 0.5) is 0 Å². The second-order valence-electron chi connectivity index (χ2n) is 5.24. The SMILES string of the molecule is CSCCCNC(=O)C1CC2CCCCC2N1.Cl. The molecule has 1 heterocycles. The molecule has 1 aliphatic heterocycles. The zero-order valence-electron chi connectivity index (χ0n) is 11.1. The Balaban J connectivity index is 0.00000162. The van der Waals surface area contributed by atoms with Crippen LogP contribution in [0.15, 0.2) is 0 Å². The van der Waals surface area contributed by atoms with Crippen molar-refractivity contribution < 1.29 is 4.79 Å². The standard InChI is InChI=1S/C13H24N2OS.ClH/c1-17-8-4-7-14-13(16)12-9-10-5-2-3-6-11(10)15-12;/h10-12,15H,2-9H2,1H3,(H,14,16);1H. The van der Waals surface area contributed by atoms with Gasteiger partial charge in [-0.05, 0) is 43.6 Å². The van der Waals surface area contributed by atoms with Crippen molar-refractivity contribution in [3.05, 3.63) is 0 Å². The monoisotopic (exact) mass is 292 g/mol. The first-order valence-corrected chi connectivity index (χ1v) is 8.23. The Kier molecular flexibility index (Phi) is 7.42. The van der Waals surface area contributed by atoms with Crippen molar-refractivity contribution >= 4 is 30.1 Å². The molecule has 3 unspecified atom stereocenters. The van der Waals surface area contributed by atoms with Crippen LogP contribution in [-0.2, 0) is 4.79 Å². The number of hydrogen-bond acceptors (Lipinski definition) is 3. The maximum absolute atomic E-state index is 12.0. The van der Waals surface area contributed by atoms with Crippen molar-refractivity contribution in [2.75, 3.05) is 18.6 Å². The average molecular weight is 293 g/mol. The average Bonchev–Trinajstić information content (AvgIpc) is 2.78. The minimum absolute atomic E-state index is 0. The van der Waals surface area contributed by atoms with Crippen LogP contribution in [0.25, 0.3) is 0 Å². The van der Waals surface area contributed by atoms with Gasteiger partial charge in [-0.1, -0.05) is 12.8 Å². The molecule has 1 aliphatic carbocycles. The molecule has 0 radical (unpaired) electrons. The van der Waals surface area contributed by atoms with E-state index in [9.17, 15) is 4.79 Å². The van der Waals surface area contributed by atoms with Gasteiger partial charge in [0, 0.05) is 12.6 Å². The van der Waals surface area contributed by atoms with E-state index in [4.69, 9.17) is 0 Å². The summed E-state index contributed by atoms with van der Waals surface area (Å²) in [6, 6.07) is 0.697. The van der Waals surface area contributed by atoms with E-state index in [0.29, 0.717) is 6.04 Å². The third kappa shape index (κ3) is 4.32. The van der Waals surface area contributed by atoms with E-state index in [-0.39, 0.29) is 24.4 Å². The van der Waals surface area contributed by atoms with Gasteiger partial charge in [-0.3, -0.25) is 4.79 Å². The van der Waals surface area contributed by atoms with Crippen molar-refractivity contribution in [3.8, 4) is 0 Å². The number of carbonyl (C=O) groups is 1. The van der Waals surface area contributed by atoms with Crippen LogP contribution in [0.2, 0.25) is 0 Å². The molecule has 0 aromatic rings. The fraction of sp³-hybridized carbons (Fsp3) is 0.923. The number of hydrogen-bond donors (Lipinski definition) is 2. The van der Waals surface area contributed by atoms with E-state index >= 15 is 0 Å². The summed E-state index contributed by atoms with van der Waals surface area (Å²) in [5.74, 6) is 2.11. The molecule has 1 saturated carbocycles. The van der Waals surface area contributed by atoms with Gasteiger partial charge in [0.15, 0.2) is 0 Å². The van der Waals surface area contributed by atoms with Crippen LogP contribution in [0.5, 0.6) is 0 Å². The molecule has 0 spiro atoms. The molecule has 18 heavy (non-hydrogen) atoms. The smallest absolute Gasteiger partial charge is 0.237 e. The van der Waals surface area contributed by atoms with Crippen LogP contribution in [0.3, 0.4) is 0 Å². The number of rotatable bonds is 5. The molecule has 0 aromatic carbocycles. The molecule has 1 saturated heterocycles. The Labute approximate surface area is 121 Å². The first-order chi connectivity index (χ1) is 8.31. The fourth-order valence-corrected chi connectivity index (χ4v) is 3.51. The molecule has 2 rings (SSSR count). The minimum Gasteiger partial charge on any atom is -0.355 e. The quantitative estimate of drug-likeness (QED) is 0.763. The molecule has 2 fully saturated rings. The molecular weight excluding hydrogens is 268 g/mol. The van der Waals surface area contributed by atoms with E-state index in [0.717, 1.165) is 31.1 Å². The third-order valence-electron chi connectivity index (χ3n) is 4.00. The molecule has 106 valence electrons. The van der Waals surface area contributed by atoms with Crippen LogP contribution < -0.4 is 10.6 Å². The Morgan fingerprint density at radius 2 is 2.17 bits per heavy atom. The van der Waals surface area contributed by atoms with Crippen molar-refractivity contribution in [2.45, 2.75) is 50.6 Å². The summed E-state index contributed by atoms with van der Waals surface area (Å²) in [4.78, 5) is 12.0. The summed E-state index contributed by atoms with van der Waals surface area (Å²) in [6.45, 7) is 0.827. The number of amides is 1. The van der Waals surface area contributed by atoms with Crippen molar-refractivity contribution in [1.29, 1.82) is 0 Å². The Bertz CT molecular complexity index is 251. The number of thioether (sulfide) groups is 1. The van der Waals surface area contributed by atoms with Gasteiger partial charge in [0.05, 0.1) is 6.04 Å². The third-order valence-corrected chi connectivity index (χ3v) is 4.70. The lowest BCUT2D eigenvalue weighted by molar-refractivity contribution is -0.122. The number of carbonyl (C=O) groups excluding carboxylic acids is 1. The van der Waals surface area contributed by atoms with Crippen LogP contribution >= 0.6 is 24.2 Å². The molecule has 0 bridgehead atoms. The summed E-state index contributed by atoms with van der Waals surface area (Å²) < 4.78 is 0. The lowest BCUT2D eigenvalue weighted by Gasteiger charge is -2.24. The highest BCUT2D eigenvalue weighted by atomic mass is 35.5. The molecule has 3 nitrogen and oxygen atoms in total. The summed E-state index contributed by atoms with van der Waals surface area (Å²) in [5.41, 5.74) is 0. The van der Waals surface area contributed by atoms with E-state index in [1.165, 1.54) is 25.7 Å². The van der Waals surface area contributed by atoms with Crippen molar-refractivity contribution in [2.24, 2.45) is 5.92 Å². The Hall–Kier alpha value is 0.0700. The van der Waals surface area contributed by atoms with E-state index in [2.05, 4.69) is 16.9 Å². The van der Waals surface area contributed by atoms with Gasteiger partial charge in [0.2, 0.25) is 5.91 Å². The molecule has 1 amide bonds. The number of fused-ring (bicyclic) bond motifs is 1. The summed E-state index contributed by atoms with van der Waals surface area (Å²) in [7, 11) is 0. The highest BCUT2D eigenvalue weighted by Crippen LogP contribution is 2.33. The van der Waals surface area contributed by atoms with Gasteiger partial charge < -0.3 is 10.6 Å². The first kappa shape index (κ1) is 16.1. The minimum atomic E-state index is 0. The van der Waals surface area contributed by atoms with Gasteiger partial charge in [-0.2, -0.15) is 11.8 Å². The Morgan fingerprint density at radius 3 is 2.89 bits per heavy atom. The van der Waals surface area contributed by atoms with Crippen LogP contribution in [0.1, 0.15) is 38.5 Å². The highest BCUT2D eigenvalue weighted by molar-refractivity contribution is 7.98. The van der Waals surface area contributed by atoms with Gasteiger partial charge in [-0.15, -0.1) is 12.4 Å². The van der Waals surface area contributed by atoms with Crippen molar-refractivity contribution in [3.63, 3.8) is 0 Å². The first-order valence-electron chi connectivity index (χ1n) is 6.84. The predicted molar refractivity (Wildman–Crippen MR) is 80.5 cm³/mol. The largest absolute Gasteiger partial charge is 0.355 e. The number of nitrogens with one attached hydrogen (secondary N) is 2. The van der Waals surface area contributed by atoms with Gasteiger partial charge in [0.25, 0.3) is 0 Å². The normalized spacial score (nSPS) is 30.4. The van der Waals surface area contributed by atoms with Crippen LogP contribution in [0, 0.1) is 5.92 Å². The van der Waals surface area contributed by atoms with E-state index in [1.807, 2.05) is 11.8 Å². The molecule has 2 N–H and O–H groups in total. The van der Waals surface area contributed by atoms with E-state index < -0.39 is 0 Å². The summed E-state index contributed by atoms with van der Waals surface area (Å²) >= 11 is 1.83. The Morgan fingerprint density at radius 1 is 1.39 bits per heavy atom. The van der Waals surface area contributed by atoms with Crippen LogP contribution in [-0.4, -0.2) is 36.5 Å². The second kappa shape index (κ2) is 8.28. The lowest BCUT2D eigenvalue weighted by atomic mass is 9.85. The highest BCUT2D eigenvalue weighted by Gasteiger charge is 2.37. The predicted octanol–water partition coefficient (Wildman–Crippen LogP) is 2.20. The summed E-state index contributed by atoms with van der Waals surface area (Å²) in [6.07, 6.45) is 9.49. The molecule has 5 heteroatoms. The second-order valence-corrected chi connectivity index (χ2v) is 6.23. The lowest BCUT2D eigenvalue weighted by Crippen LogP contribution is -2.43. The topological polar surface area (TPSA) is 41.1 Å². The number of halogens is 1. The molecule has 3 atom stereocenters. The van der Waals surface area contributed by atoms with E-state index in [1.54, 1.807) is 0 Å². The summed E-state index contributed by atoms with van der Waals surface area (Å²) in [5, 5.41) is 6.57. The molecule has 2 aliphatic rings. The molecular formula is C13H25ClN2OS. The zero-order valence-corrected chi connectivity index (χ0v) is 12.7. The maximum atomic E-state index is 12.0. The maximum Gasteiger partial charge on any atom is 0.237 e. The van der Waals surface area contributed by atoms with Gasteiger partial charge in [-0.25, -0.2) is 0 Å². The van der Waals surface area contributed by atoms with Crippen molar-refractivity contribution in [1.82, 2.24) is 10.6 Å². The molecule has 0 aromatic heterocycles. The fourth-order valence-electron chi connectivity index (χ4n) is 3.07. The van der Waals surface area contributed by atoms with Gasteiger partial charge in [0.1, 0.15) is 0 Å².